The van der Waals surface area contributed by atoms with Gasteiger partial charge in [-0.05, 0) is 54.8 Å². The van der Waals surface area contributed by atoms with Gasteiger partial charge in [-0.25, -0.2) is 0 Å². The van der Waals surface area contributed by atoms with Crippen LogP contribution in [0.25, 0.3) is 0 Å². The summed E-state index contributed by atoms with van der Waals surface area (Å²) < 4.78 is 5.72. The highest BCUT2D eigenvalue weighted by molar-refractivity contribution is 14.1. The molecule has 0 radical (unpaired) electrons. The Morgan fingerprint density at radius 2 is 1.50 bits per heavy atom. The van der Waals surface area contributed by atoms with E-state index in [0.29, 0.717) is 5.56 Å². The molecule has 4 heteroatoms. The number of rotatable bonds is 4. The van der Waals surface area contributed by atoms with Gasteiger partial charge in [-0.1, -0.05) is 0 Å². The number of carbonyl (C=O) groups is 1. The molecule has 0 aliphatic carbocycles. The van der Waals surface area contributed by atoms with Gasteiger partial charge in [-0.2, -0.15) is 0 Å². The van der Waals surface area contributed by atoms with Gasteiger partial charge in [0.15, 0.2) is 0 Å². The lowest BCUT2D eigenvalue weighted by molar-refractivity contribution is 0.110. The van der Waals surface area contributed by atoms with E-state index in [1.165, 1.54) is 4.90 Å². The van der Waals surface area contributed by atoms with Crippen LogP contribution in [0.5, 0.6) is 11.5 Å². The Kier molecular flexibility index (Phi) is 4.66. The fourth-order valence-electron chi connectivity index (χ4n) is 1.43. The van der Waals surface area contributed by atoms with E-state index >= 15 is 0 Å². The van der Waals surface area contributed by atoms with Crippen LogP contribution < -0.4 is 4.74 Å². The van der Waals surface area contributed by atoms with Crippen molar-refractivity contribution in [3.63, 3.8) is 0 Å². The molecule has 0 atom stereocenters. The lowest BCUT2D eigenvalue weighted by atomic mass is 10.2. The molecule has 0 saturated carbocycles. The Bertz CT molecular complexity index is 535. The average molecular weight is 370 g/mol. The van der Waals surface area contributed by atoms with E-state index in [4.69, 9.17) is 4.74 Å². The number of benzene rings is 2. The van der Waals surface area contributed by atoms with Crippen molar-refractivity contribution in [2.45, 2.75) is 4.90 Å². The molecule has 0 spiro atoms. The molecular formula is C14H11IO2S. The second-order valence-corrected chi connectivity index (χ2v) is 5.44. The molecule has 0 saturated heterocycles. The lowest BCUT2D eigenvalue weighted by Crippen LogP contribution is -1.88. The largest absolute Gasteiger partial charge is 0.457 e. The third-order valence-corrected chi connectivity index (χ3v) is 3.74. The zero-order valence-corrected chi connectivity index (χ0v) is 12.7. The summed E-state index contributed by atoms with van der Waals surface area (Å²) in [5.41, 5.74) is 0.681. The van der Waals surface area contributed by atoms with Crippen LogP contribution in [0.3, 0.4) is 0 Å². The van der Waals surface area contributed by atoms with E-state index in [1.54, 1.807) is 58.6 Å². The molecule has 0 aromatic heterocycles. The number of halogens is 1. The van der Waals surface area contributed by atoms with E-state index in [0.717, 1.165) is 11.5 Å². The van der Waals surface area contributed by atoms with Gasteiger partial charge in [0.2, 0.25) is 3.79 Å². The molecule has 18 heavy (non-hydrogen) atoms. The first-order chi connectivity index (χ1) is 8.69. The molecule has 2 rings (SSSR count). The molecule has 0 bridgehead atoms. The second kappa shape index (κ2) is 6.24. The van der Waals surface area contributed by atoms with E-state index in [9.17, 15) is 4.79 Å². The molecular weight excluding hydrogens is 359 g/mol. The van der Waals surface area contributed by atoms with Crippen molar-refractivity contribution < 1.29 is 9.53 Å². The van der Waals surface area contributed by atoms with Crippen molar-refractivity contribution in [3.05, 3.63) is 54.1 Å². The summed E-state index contributed by atoms with van der Waals surface area (Å²) in [5, 5.41) is 0. The molecule has 2 nitrogen and oxygen atoms in total. The maximum Gasteiger partial charge on any atom is 0.222 e. The molecule has 0 fully saturated rings. The normalized spacial score (nSPS) is 10.1. The predicted octanol–water partition coefficient (Wildman–Crippen LogP) is 4.78. The molecule has 0 heterocycles. The highest BCUT2D eigenvalue weighted by Crippen LogP contribution is 2.24. The van der Waals surface area contributed by atoms with E-state index in [1.807, 2.05) is 30.5 Å². The smallest absolute Gasteiger partial charge is 0.222 e. The number of carbonyl (C=O) groups excluding carboxylic acids is 1. The maximum absolute atomic E-state index is 11.1. The molecule has 0 N–H and O–H groups in total. The summed E-state index contributed by atoms with van der Waals surface area (Å²) in [6.07, 6.45) is 2.04. The third kappa shape index (κ3) is 3.49. The molecule has 0 aliphatic rings. The minimum atomic E-state index is 0.0310. The summed E-state index contributed by atoms with van der Waals surface area (Å²) in [6.45, 7) is 0. The van der Waals surface area contributed by atoms with Crippen LogP contribution in [-0.2, 0) is 0 Å². The van der Waals surface area contributed by atoms with Crippen LogP contribution in [-0.4, -0.2) is 10.0 Å². The van der Waals surface area contributed by atoms with Crippen molar-refractivity contribution >= 4 is 38.1 Å². The van der Waals surface area contributed by atoms with Gasteiger partial charge in [-0.15, -0.1) is 11.8 Å². The van der Waals surface area contributed by atoms with Gasteiger partial charge in [0.25, 0.3) is 0 Å². The van der Waals surface area contributed by atoms with Gasteiger partial charge in [0.1, 0.15) is 11.5 Å². The van der Waals surface area contributed by atoms with Crippen LogP contribution in [0.1, 0.15) is 10.4 Å². The van der Waals surface area contributed by atoms with Crippen molar-refractivity contribution in [1.82, 2.24) is 0 Å². The van der Waals surface area contributed by atoms with Crippen molar-refractivity contribution in [3.8, 4) is 11.5 Å². The SMILES string of the molecule is CSc1ccc(Oc2ccc(C(=O)I)cc2)cc1. The number of thioether (sulfide) groups is 1. The maximum atomic E-state index is 11.1. The Hall–Kier alpha value is -1.01. The highest BCUT2D eigenvalue weighted by atomic mass is 127. The van der Waals surface area contributed by atoms with Crippen molar-refractivity contribution in [2.24, 2.45) is 0 Å². The first kappa shape index (κ1) is 13.4. The summed E-state index contributed by atoms with van der Waals surface area (Å²) in [7, 11) is 0. The highest BCUT2D eigenvalue weighted by Gasteiger charge is 2.02. The van der Waals surface area contributed by atoms with Crippen LogP contribution in [0, 0.1) is 0 Å². The lowest BCUT2D eigenvalue weighted by Gasteiger charge is -2.06. The minimum absolute atomic E-state index is 0.0310. The number of hydrogen-bond donors (Lipinski definition) is 0. The van der Waals surface area contributed by atoms with Gasteiger partial charge in [0.05, 0.1) is 0 Å². The Labute approximate surface area is 124 Å². The van der Waals surface area contributed by atoms with Gasteiger partial charge in [-0.3, -0.25) is 4.79 Å². The molecule has 0 amide bonds. The van der Waals surface area contributed by atoms with Crippen LogP contribution in [0.4, 0.5) is 0 Å². The molecule has 0 unspecified atom stereocenters. The minimum Gasteiger partial charge on any atom is -0.457 e. The Morgan fingerprint density at radius 3 is 1.94 bits per heavy atom. The van der Waals surface area contributed by atoms with Gasteiger partial charge < -0.3 is 4.74 Å². The molecule has 2 aromatic rings. The van der Waals surface area contributed by atoms with E-state index in [-0.39, 0.29) is 3.79 Å². The summed E-state index contributed by atoms with van der Waals surface area (Å²) in [6, 6.07) is 15.0. The zero-order valence-electron chi connectivity index (χ0n) is 9.72. The fraction of sp³-hybridized carbons (Fsp3) is 0.0714. The summed E-state index contributed by atoms with van der Waals surface area (Å²) in [5.74, 6) is 1.52. The quantitative estimate of drug-likeness (QED) is 0.440. The van der Waals surface area contributed by atoms with Gasteiger partial charge >= 0.3 is 0 Å². The van der Waals surface area contributed by atoms with E-state index < -0.39 is 0 Å². The number of hydrogen-bond acceptors (Lipinski definition) is 3. The summed E-state index contributed by atoms with van der Waals surface area (Å²) >= 11 is 3.46. The second-order valence-electron chi connectivity index (χ2n) is 3.58. The first-order valence-electron chi connectivity index (χ1n) is 5.31. The predicted molar refractivity (Wildman–Crippen MR) is 83.1 cm³/mol. The van der Waals surface area contributed by atoms with Gasteiger partial charge in [0, 0.05) is 33.0 Å². The summed E-state index contributed by atoms with van der Waals surface area (Å²) in [4.78, 5) is 12.3. The standard InChI is InChI=1S/C14H11IO2S/c1-18-13-8-6-12(7-9-13)17-11-4-2-10(3-5-11)14(15)16/h2-9H,1H3. The number of ether oxygens (including phenoxy) is 1. The van der Waals surface area contributed by atoms with E-state index in [2.05, 4.69) is 0 Å². The zero-order chi connectivity index (χ0) is 13.0. The Balaban J connectivity index is 2.10. The fourth-order valence-corrected chi connectivity index (χ4v) is 2.20. The monoisotopic (exact) mass is 370 g/mol. The topological polar surface area (TPSA) is 26.3 Å². The van der Waals surface area contributed by atoms with Crippen molar-refractivity contribution in [2.75, 3.05) is 6.26 Å². The van der Waals surface area contributed by atoms with Crippen LogP contribution in [0.2, 0.25) is 0 Å². The molecule has 92 valence electrons. The van der Waals surface area contributed by atoms with Crippen LogP contribution in [0.15, 0.2) is 53.4 Å². The molecule has 0 aliphatic heterocycles. The Morgan fingerprint density at radius 1 is 1.00 bits per heavy atom. The average Bonchev–Trinajstić information content (AvgIpc) is 2.40. The first-order valence-corrected chi connectivity index (χ1v) is 7.61. The third-order valence-electron chi connectivity index (χ3n) is 2.38. The van der Waals surface area contributed by atoms with Crippen LogP contribution >= 0.6 is 34.4 Å². The van der Waals surface area contributed by atoms with Crippen molar-refractivity contribution in [1.29, 1.82) is 0 Å². The molecule has 2 aromatic carbocycles.